The highest BCUT2D eigenvalue weighted by Crippen LogP contribution is 2.14. The zero-order valence-electron chi connectivity index (χ0n) is 13.3. The van der Waals surface area contributed by atoms with E-state index in [1.54, 1.807) is 0 Å². The minimum Gasteiger partial charge on any atom is -0.380 e. The van der Waals surface area contributed by atoms with Crippen molar-refractivity contribution < 1.29 is 4.57 Å². The first-order chi connectivity index (χ1) is 9.99. The largest absolute Gasteiger partial charge is 0.380 e. The van der Waals surface area contributed by atoms with Crippen LogP contribution < -0.4 is 10.3 Å². The second-order valence-corrected chi connectivity index (χ2v) is 5.68. The Morgan fingerprint density at radius 1 is 1.29 bits per heavy atom. The molecule has 2 aromatic heterocycles. The fraction of sp³-hybridized carbons (Fsp3) is 0.438. The van der Waals surface area contributed by atoms with Gasteiger partial charge in [0.25, 0.3) is 0 Å². The maximum absolute atomic E-state index is 5.98. The van der Waals surface area contributed by atoms with Crippen LogP contribution in [0.3, 0.4) is 0 Å². The van der Waals surface area contributed by atoms with Gasteiger partial charge in [0.2, 0.25) is 5.52 Å². The van der Waals surface area contributed by atoms with E-state index in [2.05, 4.69) is 47.5 Å². The number of nitrogens with two attached hydrogens (primary N) is 1. The molecule has 0 spiro atoms. The van der Waals surface area contributed by atoms with Gasteiger partial charge >= 0.3 is 5.65 Å². The highest BCUT2D eigenvalue weighted by atomic mass is 15.2. The van der Waals surface area contributed by atoms with Gasteiger partial charge in [-0.15, -0.1) is 0 Å². The van der Waals surface area contributed by atoms with Crippen LogP contribution in [0.25, 0.3) is 11.2 Å². The van der Waals surface area contributed by atoms with E-state index in [-0.39, 0.29) is 0 Å². The molecular formula is C16H24N5+. The van der Waals surface area contributed by atoms with Crippen molar-refractivity contribution >= 4 is 17.0 Å². The summed E-state index contributed by atoms with van der Waals surface area (Å²) < 4.78 is 4.06. The summed E-state index contributed by atoms with van der Waals surface area (Å²) in [6, 6.07) is 0. The van der Waals surface area contributed by atoms with Gasteiger partial charge in [-0.05, 0) is 33.6 Å². The summed E-state index contributed by atoms with van der Waals surface area (Å²) in [6.45, 7) is 7.22. The molecule has 0 aliphatic heterocycles. The first-order valence-corrected chi connectivity index (χ1v) is 7.23. The molecule has 21 heavy (non-hydrogen) atoms. The number of hydrogen-bond acceptors (Lipinski definition) is 3. The summed E-state index contributed by atoms with van der Waals surface area (Å²) in [5.74, 6) is 0.524. The van der Waals surface area contributed by atoms with E-state index in [0.717, 1.165) is 30.6 Å². The Morgan fingerprint density at radius 2 is 2.05 bits per heavy atom. The van der Waals surface area contributed by atoms with Gasteiger partial charge in [-0.3, -0.25) is 4.57 Å². The first-order valence-electron chi connectivity index (χ1n) is 7.23. The highest BCUT2D eigenvalue weighted by molar-refractivity contribution is 5.79. The zero-order valence-corrected chi connectivity index (χ0v) is 13.3. The molecule has 112 valence electrons. The van der Waals surface area contributed by atoms with Gasteiger partial charge in [-0.1, -0.05) is 28.3 Å². The molecule has 0 radical (unpaired) electrons. The number of hydrogen-bond donors (Lipinski definition) is 1. The second kappa shape index (κ2) is 6.52. The van der Waals surface area contributed by atoms with Crippen molar-refractivity contribution in [2.24, 2.45) is 7.05 Å². The molecule has 2 N–H and O–H groups in total. The fourth-order valence-electron chi connectivity index (χ4n) is 2.32. The van der Waals surface area contributed by atoms with Crippen molar-refractivity contribution in [2.45, 2.75) is 40.2 Å². The lowest BCUT2D eigenvalue weighted by atomic mass is 10.1. The average Bonchev–Trinajstić information content (AvgIpc) is 2.74. The van der Waals surface area contributed by atoms with Crippen molar-refractivity contribution in [2.75, 3.05) is 5.73 Å². The third-order valence-electron chi connectivity index (χ3n) is 3.49. The lowest BCUT2D eigenvalue weighted by Gasteiger charge is -2.00. The summed E-state index contributed by atoms with van der Waals surface area (Å²) >= 11 is 0. The van der Waals surface area contributed by atoms with E-state index >= 15 is 0 Å². The molecule has 0 bridgehead atoms. The molecule has 0 amide bonds. The summed E-state index contributed by atoms with van der Waals surface area (Å²) in [4.78, 5) is 8.36. The van der Waals surface area contributed by atoms with E-state index in [9.17, 15) is 0 Å². The van der Waals surface area contributed by atoms with Gasteiger partial charge in [-0.2, -0.15) is 4.98 Å². The standard InChI is InChI=1S/C16H24N5/c1-12(2)6-5-7-13(3)8-9-21-11-20(4)16-14(21)15(17)18-10-19-16/h6,8,10-11H,5,7,9H2,1-4H3,(H2,17,18,19)/q+1/b13-8+. The number of aromatic nitrogens is 4. The Balaban J connectivity index is 2.15. The molecule has 5 heteroatoms. The SMILES string of the molecule is CC(C)=CCC/C(C)=C/Cn1c[n+](C)c2ncnc(N)c21. The molecule has 5 nitrogen and oxygen atoms in total. The number of fused-ring (bicyclic) bond motifs is 1. The summed E-state index contributed by atoms with van der Waals surface area (Å²) in [5.41, 5.74) is 10.5. The third kappa shape index (κ3) is 3.68. The van der Waals surface area contributed by atoms with Crippen LogP contribution >= 0.6 is 0 Å². The lowest BCUT2D eigenvalue weighted by molar-refractivity contribution is -0.647. The zero-order chi connectivity index (χ0) is 15.4. The maximum Gasteiger partial charge on any atom is 0.307 e. The van der Waals surface area contributed by atoms with E-state index in [0.29, 0.717) is 5.82 Å². The monoisotopic (exact) mass is 286 g/mol. The van der Waals surface area contributed by atoms with E-state index in [4.69, 9.17) is 5.73 Å². The highest BCUT2D eigenvalue weighted by Gasteiger charge is 2.16. The van der Waals surface area contributed by atoms with Crippen LogP contribution in [0.1, 0.15) is 33.6 Å². The minimum atomic E-state index is 0.524. The summed E-state index contributed by atoms with van der Waals surface area (Å²) in [5, 5.41) is 0. The van der Waals surface area contributed by atoms with Gasteiger partial charge in [-0.25, -0.2) is 4.57 Å². The fourth-order valence-corrected chi connectivity index (χ4v) is 2.32. The smallest absolute Gasteiger partial charge is 0.307 e. The van der Waals surface area contributed by atoms with E-state index < -0.39 is 0 Å². The van der Waals surface area contributed by atoms with Crippen molar-refractivity contribution in [3.63, 3.8) is 0 Å². The van der Waals surface area contributed by atoms with Crippen LogP contribution in [0.15, 0.2) is 36.0 Å². The number of imidazole rings is 1. The average molecular weight is 286 g/mol. The number of anilines is 1. The van der Waals surface area contributed by atoms with Gasteiger partial charge in [0.15, 0.2) is 18.5 Å². The molecule has 0 saturated carbocycles. The Kier molecular flexibility index (Phi) is 4.73. The summed E-state index contributed by atoms with van der Waals surface area (Å²) in [7, 11) is 1.97. The Labute approximate surface area is 125 Å². The molecule has 0 aliphatic rings. The molecular weight excluding hydrogens is 262 g/mol. The van der Waals surface area contributed by atoms with Crippen molar-refractivity contribution in [3.8, 4) is 0 Å². The Bertz CT molecular complexity index is 690. The topological polar surface area (TPSA) is 60.6 Å². The predicted octanol–water partition coefficient (Wildman–Crippen LogP) is 2.53. The molecule has 2 aromatic rings. The molecule has 0 aromatic carbocycles. The van der Waals surface area contributed by atoms with Crippen molar-refractivity contribution in [1.29, 1.82) is 0 Å². The normalized spacial score (nSPS) is 11.9. The van der Waals surface area contributed by atoms with Crippen LogP contribution in [0.2, 0.25) is 0 Å². The predicted molar refractivity (Wildman–Crippen MR) is 85.5 cm³/mol. The molecule has 0 saturated heterocycles. The second-order valence-electron chi connectivity index (χ2n) is 5.68. The number of aryl methyl sites for hydroxylation is 1. The summed E-state index contributed by atoms with van der Waals surface area (Å²) in [6.07, 6.45) is 10.2. The minimum absolute atomic E-state index is 0.524. The molecule has 0 fully saturated rings. The van der Waals surface area contributed by atoms with Gasteiger partial charge in [0.05, 0.1) is 13.6 Å². The third-order valence-corrected chi connectivity index (χ3v) is 3.49. The van der Waals surface area contributed by atoms with Crippen LogP contribution in [0.5, 0.6) is 0 Å². The molecule has 0 unspecified atom stereocenters. The van der Waals surface area contributed by atoms with Crippen LogP contribution in [-0.2, 0) is 13.6 Å². The Morgan fingerprint density at radius 3 is 2.76 bits per heavy atom. The number of nitrogen functional groups attached to an aromatic ring is 1. The molecule has 0 aliphatic carbocycles. The molecule has 2 heterocycles. The van der Waals surface area contributed by atoms with Gasteiger partial charge < -0.3 is 5.73 Å². The van der Waals surface area contributed by atoms with Crippen molar-refractivity contribution in [1.82, 2.24) is 14.5 Å². The Hall–Kier alpha value is -2.17. The first kappa shape index (κ1) is 15.2. The van der Waals surface area contributed by atoms with Gasteiger partial charge in [0, 0.05) is 0 Å². The number of rotatable bonds is 5. The van der Waals surface area contributed by atoms with E-state index in [1.807, 2.05) is 17.9 Å². The maximum atomic E-state index is 5.98. The lowest BCUT2D eigenvalue weighted by Crippen LogP contribution is -2.26. The molecule has 2 rings (SSSR count). The number of allylic oxidation sites excluding steroid dienone is 4. The number of nitrogens with zero attached hydrogens (tertiary/aromatic N) is 4. The van der Waals surface area contributed by atoms with Crippen molar-refractivity contribution in [3.05, 3.63) is 36.0 Å². The van der Waals surface area contributed by atoms with Crippen LogP contribution in [0, 0.1) is 0 Å². The van der Waals surface area contributed by atoms with Gasteiger partial charge in [0.1, 0.15) is 0 Å². The molecule has 0 atom stereocenters. The van der Waals surface area contributed by atoms with E-state index in [1.165, 1.54) is 17.5 Å². The quantitative estimate of drug-likeness (QED) is 0.678. The van der Waals surface area contributed by atoms with Crippen LogP contribution in [0.4, 0.5) is 5.82 Å². The van der Waals surface area contributed by atoms with Crippen LogP contribution in [-0.4, -0.2) is 14.5 Å².